The Hall–Kier alpha value is -4.18. The van der Waals surface area contributed by atoms with Gasteiger partial charge in [0.15, 0.2) is 0 Å². The molecule has 0 aromatic heterocycles. The highest BCUT2D eigenvalue weighted by atomic mass is 16.6. The first kappa shape index (κ1) is 19.6. The zero-order valence-corrected chi connectivity index (χ0v) is 14.7. The Morgan fingerprint density at radius 2 is 0.724 bits per heavy atom. The molecule has 0 aliphatic heterocycles. The maximum atomic E-state index is 11.6. The number of benzene rings is 3. The zero-order valence-electron chi connectivity index (χ0n) is 14.7. The molecule has 1 N–H and O–H groups in total. The van der Waals surface area contributed by atoms with Gasteiger partial charge in [-0.2, -0.15) is 0 Å². The largest absolute Gasteiger partial charge is 0.376 e. The van der Waals surface area contributed by atoms with Crippen LogP contribution in [0.15, 0.2) is 72.8 Å². The van der Waals surface area contributed by atoms with Gasteiger partial charge in [0.2, 0.25) is 0 Å². The van der Waals surface area contributed by atoms with Crippen LogP contribution in [-0.2, 0) is 5.60 Å². The third-order valence-electron chi connectivity index (χ3n) is 4.49. The highest BCUT2D eigenvalue weighted by molar-refractivity contribution is 5.51. The molecule has 0 saturated heterocycles. The molecule has 0 atom stereocenters. The van der Waals surface area contributed by atoms with Crippen LogP contribution < -0.4 is 0 Å². The summed E-state index contributed by atoms with van der Waals surface area (Å²) in [4.78, 5) is 31.0. The summed E-state index contributed by atoms with van der Waals surface area (Å²) in [6, 6.07) is 15.5. The second-order valence-corrected chi connectivity index (χ2v) is 6.12. The topological polar surface area (TPSA) is 150 Å². The van der Waals surface area contributed by atoms with E-state index in [9.17, 15) is 35.4 Å². The van der Waals surface area contributed by atoms with Gasteiger partial charge in [-0.25, -0.2) is 0 Å². The average Bonchev–Trinajstić information content (AvgIpc) is 2.73. The molecule has 3 aromatic rings. The Balaban J connectivity index is 2.18. The molecule has 0 aliphatic rings. The van der Waals surface area contributed by atoms with Gasteiger partial charge >= 0.3 is 0 Å². The fourth-order valence-electron chi connectivity index (χ4n) is 2.97. The maximum absolute atomic E-state index is 11.6. The molecule has 0 fully saturated rings. The van der Waals surface area contributed by atoms with Crippen molar-refractivity contribution in [1.29, 1.82) is 0 Å². The Morgan fingerprint density at radius 3 is 0.897 bits per heavy atom. The molecule has 0 saturated carbocycles. The smallest absolute Gasteiger partial charge is 0.269 e. The predicted octanol–water partition coefficient (Wildman–Crippen LogP) is 3.70. The summed E-state index contributed by atoms with van der Waals surface area (Å²) < 4.78 is 0. The number of hydrogen-bond donors (Lipinski definition) is 1. The number of aliphatic hydroxyl groups is 1. The third-order valence-corrected chi connectivity index (χ3v) is 4.49. The summed E-state index contributed by atoms with van der Waals surface area (Å²) in [6.45, 7) is 0. The Labute approximate surface area is 163 Å². The van der Waals surface area contributed by atoms with Crippen LogP contribution in [0.5, 0.6) is 0 Å². The second-order valence-electron chi connectivity index (χ2n) is 6.12. The first-order chi connectivity index (χ1) is 13.7. The standard InChI is InChI=1S/C19H13N3O7/c23-19(13-1-7-16(8-2-13)20(24)25,14-3-9-17(10-4-14)21(26)27)15-5-11-18(12-6-15)22(28)29/h1-12,23H. The lowest BCUT2D eigenvalue weighted by molar-refractivity contribution is -0.385. The van der Waals surface area contributed by atoms with E-state index < -0.39 is 20.4 Å². The van der Waals surface area contributed by atoms with Gasteiger partial charge in [-0.3, -0.25) is 30.3 Å². The average molecular weight is 395 g/mol. The van der Waals surface area contributed by atoms with Crippen molar-refractivity contribution in [2.45, 2.75) is 5.60 Å². The SMILES string of the molecule is O=[N+]([O-])c1ccc(C(O)(c2ccc([N+](=O)[O-])cc2)c2ccc([N+](=O)[O-])cc2)cc1. The molecular formula is C19H13N3O7. The van der Waals surface area contributed by atoms with Crippen molar-refractivity contribution in [3.63, 3.8) is 0 Å². The van der Waals surface area contributed by atoms with E-state index in [1.54, 1.807) is 0 Å². The van der Waals surface area contributed by atoms with E-state index in [1.165, 1.54) is 72.8 Å². The lowest BCUT2D eigenvalue weighted by Crippen LogP contribution is -2.28. The highest BCUT2D eigenvalue weighted by Gasteiger charge is 2.35. The second kappa shape index (κ2) is 7.44. The number of nitrogens with zero attached hydrogens (tertiary/aromatic N) is 3. The van der Waals surface area contributed by atoms with E-state index in [-0.39, 0.29) is 33.8 Å². The summed E-state index contributed by atoms with van der Waals surface area (Å²) in [6.07, 6.45) is 0. The van der Waals surface area contributed by atoms with Crippen LogP contribution in [0.1, 0.15) is 16.7 Å². The van der Waals surface area contributed by atoms with E-state index in [2.05, 4.69) is 0 Å². The first-order valence-corrected chi connectivity index (χ1v) is 8.20. The van der Waals surface area contributed by atoms with Crippen LogP contribution in [0, 0.1) is 30.3 Å². The molecule has 29 heavy (non-hydrogen) atoms. The molecule has 10 heteroatoms. The van der Waals surface area contributed by atoms with Crippen LogP contribution in [0.25, 0.3) is 0 Å². The molecule has 0 spiro atoms. The predicted molar refractivity (Wildman–Crippen MR) is 101 cm³/mol. The Kier molecular flexibility index (Phi) is 5.03. The lowest BCUT2D eigenvalue weighted by atomic mass is 9.80. The van der Waals surface area contributed by atoms with Crippen LogP contribution in [-0.4, -0.2) is 19.9 Å². The van der Waals surface area contributed by atoms with Crippen molar-refractivity contribution in [3.05, 3.63) is 120 Å². The van der Waals surface area contributed by atoms with Gasteiger partial charge in [0.1, 0.15) is 5.60 Å². The van der Waals surface area contributed by atoms with Crippen molar-refractivity contribution in [2.24, 2.45) is 0 Å². The third kappa shape index (κ3) is 3.64. The van der Waals surface area contributed by atoms with Gasteiger partial charge in [-0.1, -0.05) is 0 Å². The van der Waals surface area contributed by atoms with Crippen molar-refractivity contribution >= 4 is 17.1 Å². The molecule has 0 unspecified atom stereocenters. The Morgan fingerprint density at radius 1 is 0.517 bits per heavy atom. The first-order valence-electron chi connectivity index (χ1n) is 8.20. The van der Waals surface area contributed by atoms with Gasteiger partial charge in [0.25, 0.3) is 17.1 Å². The fraction of sp³-hybridized carbons (Fsp3) is 0.0526. The minimum absolute atomic E-state index is 0.177. The molecule has 0 amide bonds. The molecule has 0 heterocycles. The van der Waals surface area contributed by atoms with Gasteiger partial charge in [0, 0.05) is 36.4 Å². The summed E-state index contributed by atoms with van der Waals surface area (Å²) in [5, 5.41) is 44.4. The van der Waals surface area contributed by atoms with E-state index in [0.717, 1.165) is 0 Å². The molecule has 0 radical (unpaired) electrons. The molecule has 146 valence electrons. The number of nitro benzene ring substituents is 3. The van der Waals surface area contributed by atoms with Crippen LogP contribution in [0.3, 0.4) is 0 Å². The summed E-state index contributed by atoms with van der Waals surface area (Å²) in [7, 11) is 0. The quantitative estimate of drug-likeness (QED) is 0.380. The summed E-state index contributed by atoms with van der Waals surface area (Å²) in [5.74, 6) is 0. The fourth-order valence-corrected chi connectivity index (χ4v) is 2.97. The van der Waals surface area contributed by atoms with Crippen molar-refractivity contribution in [2.75, 3.05) is 0 Å². The number of hydrogen-bond acceptors (Lipinski definition) is 7. The number of nitro groups is 3. The minimum atomic E-state index is -1.85. The van der Waals surface area contributed by atoms with Crippen molar-refractivity contribution in [1.82, 2.24) is 0 Å². The maximum Gasteiger partial charge on any atom is 0.269 e. The summed E-state index contributed by atoms with van der Waals surface area (Å²) in [5.41, 5.74) is -1.61. The van der Waals surface area contributed by atoms with E-state index in [4.69, 9.17) is 0 Å². The van der Waals surface area contributed by atoms with Crippen molar-refractivity contribution in [3.8, 4) is 0 Å². The van der Waals surface area contributed by atoms with Crippen LogP contribution in [0.2, 0.25) is 0 Å². The number of non-ortho nitro benzene ring substituents is 3. The zero-order chi connectivity index (χ0) is 21.2. The number of rotatable bonds is 6. The molecule has 0 bridgehead atoms. The van der Waals surface area contributed by atoms with Crippen LogP contribution in [0.4, 0.5) is 17.1 Å². The van der Waals surface area contributed by atoms with E-state index >= 15 is 0 Å². The molecule has 0 aliphatic carbocycles. The molecular weight excluding hydrogens is 382 g/mol. The lowest BCUT2D eigenvalue weighted by Gasteiger charge is -2.30. The Bertz CT molecular complexity index is 939. The van der Waals surface area contributed by atoms with Gasteiger partial charge in [-0.15, -0.1) is 0 Å². The minimum Gasteiger partial charge on any atom is -0.376 e. The van der Waals surface area contributed by atoms with Gasteiger partial charge < -0.3 is 5.11 Å². The van der Waals surface area contributed by atoms with Gasteiger partial charge in [-0.05, 0) is 53.1 Å². The van der Waals surface area contributed by atoms with E-state index in [0.29, 0.717) is 0 Å². The molecule has 10 nitrogen and oxygen atoms in total. The molecule has 3 rings (SSSR count). The van der Waals surface area contributed by atoms with Crippen molar-refractivity contribution < 1.29 is 19.9 Å². The van der Waals surface area contributed by atoms with E-state index in [1.807, 2.05) is 0 Å². The normalized spacial score (nSPS) is 11.1. The van der Waals surface area contributed by atoms with Crippen LogP contribution >= 0.6 is 0 Å². The molecule has 3 aromatic carbocycles. The highest BCUT2D eigenvalue weighted by Crippen LogP contribution is 2.38. The summed E-state index contributed by atoms with van der Waals surface area (Å²) >= 11 is 0. The monoisotopic (exact) mass is 395 g/mol. The van der Waals surface area contributed by atoms with Gasteiger partial charge in [0.05, 0.1) is 14.8 Å².